The number of benzene rings is 1. The maximum atomic E-state index is 5.92. The van der Waals surface area contributed by atoms with Crippen LogP contribution in [0.5, 0.6) is 11.5 Å². The number of hydrogen-bond acceptors (Lipinski definition) is 4. The van der Waals surface area contributed by atoms with Crippen LogP contribution in [0.15, 0.2) is 46.0 Å². The average molecular weight is 347 g/mol. The Bertz CT molecular complexity index is 726. The molecule has 1 aromatic carbocycles. The highest BCUT2D eigenvalue weighted by Crippen LogP contribution is 2.35. The Morgan fingerprint density at radius 1 is 1.24 bits per heavy atom. The number of rotatable bonds is 2. The molecule has 5 heteroatoms. The standard InChI is InChI=1S/C16H15BrN2O2/c1-16(2)19-14(15-13(20-3)5-4-8-18-15)11-9-10(17)6-7-12(11)21-16/h4-9H,1-3H3. The summed E-state index contributed by atoms with van der Waals surface area (Å²) >= 11 is 3.49. The molecular formula is C16H15BrN2O2. The molecule has 108 valence electrons. The van der Waals surface area contributed by atoms with Gasteiger partial charge in [0.2, 0.25) is 0 Å². The van der Waals surface area contributed by atoms with Crippen molar-refractivity contribution < 1.29 is 9.47 Å². The summed E-state index contributed by atoms with van der Waals surface area (Å²) in [6.07, 6.45) is 1.74. The second-order valence-corrected chi connectivity index (χ2v) is 6.12. The van der Waals surface area contributed by atoms with Gasteiger partial charge in [-0.05, 0) is 44.2 Å². The van der Waals surface area contributed by atoms with Crippen molar-refractivity contribution in [3.05, 3.63) is 52.3 Å². The third kappa shape index (κ3) is 2.65. The Hall–Kier alpha value is -1.88. The summed E-state index contributed by atoms with van der Waals surface area (Å²) in [6, 6.07) is 9.59. The van der Waals surface area contributed by atoms with Gasteiger partial charge in [0.05, 0.1) is 7.11 Å². The summed E-state index contributed by atoms with van der Waals surface area (Å²) in [6.45, 7) is 3.85. The van der Waals surface area contributed by atoms with Crippen LogP contribution < -0.4 is 9.47 Å². The second kappa shape index (κ2) is 5.15. The van der Waals surface area contributed by atoms with Crippen molar-refractivity contribution in [1.82, 2.24) is 4.98 Å². The van der Waals surface area contributed by atoms with Crippen molar-refractivity contribution in [3.8, 4) is 11.5 Å². The summed E-state index contributed by atoms with van der Waals surface area (Å²) < 4.78 is 12.3. The number of hydrogen-bond donors (Lipinski definition) is 0. The molecule has 4 nitrogen and oxygen atoms in total. The SMILES string of the molecule is COc1cccnc1C1=NC(C)(C)Oc2ccc(Br)cc21. The first-order valence-corrected chi connectivity index (χ1v) is 7.37. The number of halogens is 1. The van der Waals surface area contributed by atoms with Gasteiger partial charge in [-0.3, -0.25) is 4.98 Å². The largest absolute Gasteiger partial charge is 0.494 e. The zero-order chi connectivity index (χ0) is 15.0. The first-order chi connectivity index (χ1) is 10.00. The average Bonchev–Trinajstić information content (AvgIpc) is 2.46. The van der Waals surface area contributed by atoms with Gasteiger partial charge >= 0.3 is 0 Å². The van der Waals surface area contributed by atoms with Crippen LogP contribution in [0, 0.1) is 0 Å². The van der Waals surface area contributed by atoms with E-state index in [1.807, 2.05) is 44.2 Å². The molecular weight excluding hydrogens is 332 g/mol. The quantitative estimate of drug-likeness (QED) is 0.830. The van der Waals surface area contributed by atoms with Crippen LogP contribution in [0.1, 0.15) is 25.1 Å². The molecule has 1 aromatic heterocycles. The monoisotopic (exact) mass is 346 g/mol. The minimum absolute atomic E-state index is 0.640. The van der Waals surface area contributed by atoms with Crippen molar-refractivity contribution >= 4 is 21.6 Å². The Kier molecular flexibility index (Phi) is 3.45. The van der Waals surface area contributed by atoms with E-state index < -0.39 is 5.72 Å². The van der Waals surface area contributed by atoms with Gasteiger partial charge in [0.15, 0.2) is 5.72 Å². The Morgan fingerprint density at radius 2 is 2.05 bits per heavy atom. The van der Waals surface area contributed by atoms with Crippen molar-refractivity contribution in [3.63, 3.8) is 0 Å². The lowest BCUT2D eigenvalue weighted by molar-refractivity contribution is 0.115. The first-order valence-electron chi connectivity index (χ1n) is 6.58. The van der Waals surface area contributed by atoms with Gasteiger partial charge in [-0.2, -0.15) is 0 Å². The van der Waals surface area contributed by atoms with E-state index >= 15 is 0 Å². The van der Waals surface area contributed by atoms with Gasteiger partial charge < -0.3 is 9.47 Å². The lowest BCUT2D eigenvalue weighted by atomic mass is 10.0. The zero-order valence-corrected chi connectivity index (χ0v) is 13.6. The maximum Gasteiger partial charge on any atom is 0.195 e. The third-order valence-corrected chi connectivity index (χ3v) is 3.65. The zero-order valence-electron chi connectivity index (χ0n) is 12.1. The molecule has 0 bridgehead atoms. The molecule has 0 unspecified atom stereocenters. The minimum Gasteiger partial charge on any atom is -0.494 e. The molecule has 0 radical (unpaired) electrons. The molecule has 2 aromatic rings. The first kappa shape index (κ1) is 14.1. The molecule has 21 heavy (non-hydrogen) atoms. The highest BCUT2D eigenvalue weighted by atomic mass is 79.9. The van der Waals surface area contributed by atoms with Gasteiger partial charge in [0.1, 0.15) is 22.9 Å². The number of fused-ring (bicyclic) bond motifs is 1. The number of aromatic nitrogens is 1. The van der Waals surface area contributed by atoms with Gasteiger partial charge in [0, 0.05) is 16.2 Å². The summed E-state index contributed by atoms with van der Waals surface area (Å²) in [4.78, 5) is 9.15. The highest BCUT2D eigenvalue weighted by Gasteiger charge is 2.30. The highest BCUT2D eigenvalue weighted by molar-refractivity contribution is 9.10. The van der Waals surface area contributed by atoms with E-state index in [9.17, 15) is 0 Å². The summed E-state index contributed by atoms with van der Waals surface area (Å²) in [7, 11) is 1.63. The second-order valence-electron chi connectivity index (χ2n) is 5.20. The molecule has 0 atom stereocenters. The molecule has 1 aliphatic heterocycles. The van der Waals surface area contributed by atoms with Crippen LogP contribution in [0.25, 0.3) is 0 Å². The van der Waals surface area contributed by atoms with E-state index in [1.165, 1.54) is 0 Å². The summed E-state index contributed by atoms with van der Waals surface area (Å²) in [5.74, 6) is 1.49. The minimum atomic E-state index is -0.640. The molecule has 2 heterocycles. The van der Waals surface area contributed by atoms with Crippen LogP contribution in [0.3, 0.4) is 0 Å². The van der Waals surface area contributed by atoms with Crippen LogP contribution in [-0.4, -0.2) is 23.5 Å². The molecule has 0 N–H and O–H groups in total. The molecule has 0 saturated carbocycles. The van der Waals surface area contributed by atoms with Crippen LogP contribution in [0.4, 0.5) is 0 Å². The van der Waals surface area contributed by atoms with E-state index in [1.54, 1.807) is 13.3 Å². The maximum absolute atomic E-state index is 5.92. The summed E-state index contributed by atoms with van der Waals surface area (Å²) in [5.41, 5.74) is 1.76. The third-order valence-electron chi connectivity index (χ3n) is 3.15. The van der Waals surface area contributed by atoms with E-state index in [2.05, 4.69) is 20.9 Å². The molecule has 3 rings (SSSR count). The van der Waals surface area contributed by atoms with Crippen LogP contribution in [0.2, 0.25) is 0 Å². The topological polar surface area (TPSA) is 43.7 Å². The fraction of sp³-hybridized carbons (Fsp3) is 0.250. The Balaban J connectivity index is 2.24. The lowest BCUT2D eigenvalue weighted by Crippen LogP contribution is -2.32. The normalized spacial score (nSPS) is 15.7. The van der Waals surface area contributed by atoms with Gasteiger partial charge in [0.25, 0.3) is 0 Å². The Morgan fingerprint density at radius 3 is 2.81 bits per heavy atom. The van der Waals surface area contributed by atoms with Crippen molar-refractivity contribution in [2.24, 2.45) is 4.99 Å². The number of nitrogens with zero attached hydrogens (tertiary/aromatic N) is 2. The molecule has 1 aliphatic rings. The molecule has 0 spiro atoms. The van der Waals surface area contributed by atoms with Crippen LogP contribution in [-0.2, 0) is 0 Å². The molecule has 0 aliphatic carbocycles. The molecule has 0 fully saturated rings. The number of pyridine rings is 1. The smallest absolute Gasteiger partial charge is 0.195 e. The number of ether oxygens (including phenoxy) is 2. The van der Waals surface area contributed by atoms with Crippen molar-refractivity contribution in [2.75, 3.05) is 7.11 Å². The summed E-state index contributed by atoms with van der Waals surface area (Å²) in [5, 5.41) is 0. The number of aliphatic imine (C=N–C) groups is 1. The van der Waals surface area contributed by atoms with E-state index in [0.29, 0.717) is 5.75 Å². The predicted molar refractivity (Wildman–Crippen MR) is 85.3 cm³/mol. The molecule has 0 saturated heterocycles. The fourth-order valence-corrected chi connectivity index (χ4v) is 2.67. The number of methoxy groups -OCH3 is 1. The van der Waals surface area contributed by atoms with Crippen LogP contribution >= 0.6 is 15.9 Å². The lowest BCUT2D eigenvalue weighted by Gasteiger charge is -2.30. The molecule has 0 amide bonds. The van der Waals surface area contributed by atoms with Crippen molar-refractivity contribution in [1.29, 1.82) is 0 Å². The Labute approximate surface area is 132 Å². The van der Waals surface area contributed by atoms with E-state index in [-0.39, 0.29) is 0 Å². The van der Waals surface area contributed by atoms with E-state index in [0.717, 1.165) is 27.2 Å². The predicted octanol–water partition coefficient (Wildman–Crippen LogP) is 3.82. The fourth-order valence-electron chi connectivity index (χ4n) is 2.31. The van der Waals surface area contributed by atoms with Gasteiger partial charge in [-0.1, -0.05) is 15.9 Å². The van der Waals surface area contributed by atoms with Gasteiger partial charge in [-0.25, -0.2) is 4.99 Å². The van der Waals surface area contributed by atoms with E-state index in [4.69, 9.17) is 14.5 Å². The van der Waals surface area contributed by atoms with Crippen molar-refractivity contribution in [2.45, 2.75) is 19.6 Å². The van der Waals surface area contributed by atoms with Gasteiger partial charge in [-0.15, -0.1) is 0 Å².